The lowest BCUT2D eigenvalue weighted by molar-refractivity contribution is -0.136. The first kappa shape index (κ1) is 16.9. The van der Waals surface area contributed by atoms with Gasteiger partial charge in [0.25, 0.3) is 0 Å². The zero-order chi connectivity index (χ0) is 15.2. The second-order valence-electron chi connectivity index (χ2n) is 5.30. The van der Waals surface area contributed by atoms with Crippen LogP contribution in [0.2, 0.25) is 0 Å². The minimum atomic E-state index is -3.94. The minimum absolute atomic E-state index is 0.0186. The van der Waals surface area contributed by atoms with Crippen LogP contribution in [0.25, 0.3) is 0 Å². The normalized spacial score (nSPS) is 19.1. The summed E-state index contributed by atoms with van der Waals surface area (Å²) in [6, 6.07) is 0.0186. The smallest absolute Gasteiger partial charge is 0.321 e. The Morgan fingerprint density at radius 3 is 2.20 bits per heavy atom. The molecule has 1 amide bonds. The number of hydrogen-bond donors (Lipinski definition) is 2. The van der Waals surface area contributed by atoms with E-state index < -0.39 is 32.7 Å². The predicted octanol–water partition coefficient (Wildman–Crippen LogP) is 1.10. The van der Waals surface area contributed by atoms with E-state index >= 15 is 0 Å². The summed E-state index contributed by atoms with van der Waals surface area (Å²) < 4.78 is 23.8. The Morgan fingerprint density at radius 1 is 1.20 bits per heavy atom. The van der Waals surface area contributed by atoms with E-state index in [9.17, 15) is 18.0 Å². The third-order valence-corrected chi connectivity index (χ3v) is 5.70. The van der Waals surface area contributed by atoms with Crippen LogP contribution < -0.4 is 5.32 Å². The zero-order valence-electron chi connectivity index (χ0n) is 11.8. The molecule has 0 radical (unpaired) electrons. The van der Waals surface area contributed by atoms with Crippen molar-refractivity contribution in [3.05, 3.63) is 0 Å². The Balaban J connectivity index is 2.58. The Labute approximate surface area is 119 Å². The number of nitrogens with one attached hydrogen (secondary N) is 1. The maximum atomic E-state index is 11.9. The lowest BCUT2D eigenvalue weighted by Gasteiger charge is -2.17. The van der Waals surface area contributed by atoms with Crippen LogP contribution in [-0.2, 0) is 19.4 Å². The molecule has 0 aliphatic heterocycles. The van der Waals surface area contributed by atoms with Gasteiger partial charge in [-0.2, -0.15) is 0 Å². The van der Waals surface area contributed by atoms with E-state index in [0.29, 0.717) is 0 Å². The predicted molar refractivity (Wildman–Crippen MR) is 75.1 cm³/mol. The van der Waals surface area contributed by atoms with Crippen LogP contribution in [-0.4, -0.2) is 42.4 Å². The van der Waals surface area contributed by atoms with Crippen LogP contribution in [0.5, 0.6) is 0 Å². The lowest BCUT2D eigenvalue weighted by Crippen LogP contribution is -2.42. The van der Waals surface area contributed by atoms with Gasteiger partial charge < -0.3 is 10.4 Å². The third-order valence-electron chi connectivity index (χ3n) is 3.63. The van der Waals surface area contributed by atoms with Crippen LogP contribution in [0.1, 0.15) is 51.9 Å². The molecule has 0 heterocycles. The van der Waals surface area contributed by atoms with Crippen LogP contribution in [0.4, 0.5) is 0 Å². The summed E-state index contributed by atoms with van der Waals surface area (Å²) in [6.07, 6.45) is 6.04. The van der Waals surface area contributed by atoms with Gasteiger partial charge in [0.05, 0.1) is 0 Å². The van der Waals surface area contributed by atoms with Gasteiger partial charge in [0, 0.05) is 6.04 Å². The molecule has 0 bridgehead atoms. The fraction of sp³-hybridized carbons (Fsp3) is 0.846. The fourth-order valence-corrected chi connectivity index (χ4v) is 4.02. The lowest BCUT2D eigenvalue weighted by atomic mass is 10.1. The molecule has 2 N–H and O–H groups in total. The molecule has 1 saturated carbocycles. The van der Waals surface area contributed by atoms with Gasteiger partial charge >= 0.3 is 5.97 Å². The van der Waals surface area contributed by atoms with E-state index in [1.807, 2.05) is 0 Å². The van der Waals surface area contributed by atoms with Gasteiger partial charge in [0.2, 0.25) is 5.91 Å². The van der Waals surface area contributed by atoms with Gasteiger partial charge in [-0.3, -0.25) is 9.59 Å². The van der Waals surface area contributed by atoms with Gasteiger partial charge in [0.15, 0.2) is 15.1 Å². The van der Waals surface area contributed by atoms with Crippen molar-refractivity contribution in [1.29, 1.82) is 0 Å². The van der Waals surface area contributed by atoms with Crippen LogP contribution in [0.15, 0.2) is 0 Å². The Bertz CT molecular complexity index is 438. The Morgan fingerprint density at radius 2 is 1.75 bits per heavy atom. The van der Waals surface area contributed by atoms with E-state index in [1.54, 1.807) is 0 Å². The highest BCUT2D eigenvalue weighted by Gasteiger charge is 2.33. The van der Waals surface area contributed by atoms with Crippen molar-refractivity contribution in [3.63, 3.8) is 0 Å². The molecule has 1 aliphatic rings. The molecule has 1 fully saturated rings. The highest BCUT2D eigenvalue weighted by Crippen LogP contribution is 2.17. The molecular weight excluding hydrogens is 282 g/mol. The number of carbonyl (C=O) groups excluding carboxylic acids is 1. The molecule has 0 aromatic carbocycles. The van der Waals surface area contributed by atoms with Crippen molar-refractivity contribution in [2.75, 3.05) is 5.75 Å². The zero-order valence-corrected chi connectivity index (χ0v) is 12.6. The topological polar surface area (TPSA) is 101 Å². The minimum Gasteiger partial charge on any atom is -0.480 e. The van der Waals surface area contributed by atoms with Gasteiger partial charge in [-0.1, -0.05) is 32.6 Å². The number of aliphatic carboxylic acids is 1. The highest BCUT2D eigenvalue weighted by atomic mass is 32.2. The summed E-state index contributed by atoms with van der Waals surface area (Å²) in [5, 5.41) is 10.1. The number of carbonyl (C=O) groups is 2. The molecule has 6 nitrogen and oxygen atoms in total. The number of hydrogen-bond acceptors (Lipinski definition) is 4. The van der Waals surface area contributed by atoms with Gasteiger partial charge in [-0.15, -0.1) is 0 Å². The SMILES string of the molecule is CCC(C(=O)O)S(=O)(=O)CC(=O)NC1CCCCCC1. The number of carboxylic acids is 1. The molecule has 0 saturated heterocycles. The van der Waals surface area contributed by atoms with E-state index in [2.05, 4.69) is 5.32 Å². The van der Waals surface area contributed by atoms with Crippen LogP contribution in [0, 0.1) is 0 Å². The van der Waals surface area contributed by atoms with E-state index in [1.165, 1.54) is 6.92 Å². The first-order valence-corrected chi connectivity index (χ1v) is 8.82. The molecule has 7 heteroatoms. The average molecular weight is 305 g/mol. The molecule has 1 aliphatic carbocycles. The van der Waals surface area contributed by atoms with Crippen molar-refractivity contribution < 1.29 is 23.1 Å². The number of carboxylic acid groups (broad SMARTS) is 1. The van der Waals surface area contributed by atoms with Gasteiger partial charge in [-0.25, -0.2) is 8.42 Å². The highest BCUT2D eigenvalue weighted by molar-refractivity contribution is 7.93. The van der Waals surface area contributed by atoms with Crippen LogP contribution >= 0.6 is 0 Å². The summed E-state index contributed by atoms with van der Waals surface area (Å²) in [6.45, 7) is 1.49. The Hall–Kier alpha value is -1.11. The summed E-state index contributed by atoms with van der Waals surface area (Å²) in [5.74, 6) is -2.72. The molecule has 1 atom stereocenters. The molecule has 0 aromatic rings. The molecule has 0 aromatic heterocycles. The van der Waals surface area contributed by atoms with Crippen molar-refractivity contribution >= 4 is 21.7 Å². The quantitative estimate of drug-likeness (QED) is 0.716. The second kappa shape index (κ2) is 7.61. The Kier molecular flexibility index (Phi) is 6.45. The summed E-state index contributed by atoms with van der Waals surface area (Å²) in [4.78, 5) is 22.7. The number of rotatable bonds is 6. The molecule has 116 valence electrons. The fourth-order valence-electron chi connectivity index (χ4n) is 2.56. The van der Waals surface area contributed by atoms with Crippen molar-refractivity contribution in [2.24, 2.45) is 0 Å². The first-order valence-electron chi connectivity index (χ1n) is 7.10. The maximum absolute atomic E-state index is 11.9. The summed E-state index contributed by atoms with van der Waals surface area (Å²) in [7, 11) is -3.94. The van der Waals surface area contributed by atoms with Crippen molar-refractivity contribution in [3.8, 4) is 0 Å². The van der Waals surface area contributed by atoms with Gasteiger partial charge in [-0.05, 0) is 19.3 Å². The van der Waals surface area contributed by atoms with E-state index in [4.69, 9.17) is 5.11 Å². The summed E-state index contributed by atoms with van der Waals surface area (Å²) in [5.41, 5.74) is 0. The molecule has 20 heavy (non-hydrogen) atoms. The standard InChI is InChI=1S/C13H23NO5S/c1-2-11(13(16)17)20(18,19)9-12(15)14-10-7-5-3-4-6-8-10/h10-11H,2-9H2,1H3,(H,14,15)(H,16,17). The maximum Gasteiger partial charge on any atom is 0.321 e. The third kappa shape index (κ3) is 5.11. The largest absolute Gasteiger partial charge is 0.480 e. The van der Waals surface area contributed by atoms with Gasteiger partial charge in [0.1, 0.15) is 5.75 Å². The monoisotopic (exact) mass is 305 g/mol. The average Bonchev–Trinajstić information content (AvgIpc) is 2.56. The molecule has 1 rings (SSSR count). The second-order valence-corrected chi connectivity index (χ2v) is 7.48. The first-order chi connectivity index (χ1) is 9.36. The van der Waals surface area contributed by atoms with Crippen LogP contribution in [0.3, 0.4) is 0 Å². The van der Waals surface area contributed by atoms with E-state index in [0.717, 1.165) is 38.5 Å². The molecule has 1 unspecified atom stereocenters. The van der Waals surface area contributed by atoms with Crippen molar-refractivity contribution in [2.45, 2.75) is 63.2 Å². The van der Waals surface area contributed by atoms with E-state index in [-0.39, 0.29) is 12.5 Å². The molecule has 0 spiro atoms. The summed E-state index contributed by atoms with van der Waals surface area (Å²) >= 11 is 0. The number of sulfone groups is 1. The number of amides is 1. The van der Waals surface area contributed by atoms with Crippen molar-refractivity contribution in [1.82, 2.24) is 5.32 Å². The molecular formula is C13H23NO5S.